The van der Waals surface area contributed by atoms with Gasteiger partial charge in [-0.1, -0.05) is 13.8 Å². The van der Waals surface area contributed by atoms with Crippen molar-refractivity contribution in [1.29, 1.82) is 0 Å². The van der Waals surface area contributed by atoms with E-state index in [1.54, 1.807) is 0 Å². The van der Waals surface area contributed by atoms with Crippen LogP contribution in [0.3, 0.4) is 0 Å². The Morgan fingerprint density at radius 3 is 2.45 bits per heavy atom. The SMILES string of the molecule is CCCS(=O)CC(CC)NC. The Kier molecular flexibility index (Phi) is 6.87. The van der Waals surface area contributed by atoms with Gasteiger partial charge in [-0.25, -0.2) is 0 Å². The Morgan fingerprint density at radius 2 is 2.09 bits per heavy atom. The average Bonchev–Trinajstić information content (AvgIpc) is 2.01. The largest absolute Gasteiger partial charge is 0.316 e. The van der Waals surface area contributed by atoms with Crippen molar-refractivity contribution in [3.05, 3.63) is 0 Å². The van der Waals surface area contributed by atoms with Gasteiger partial charge in [0.2, 0.25) is 0 Å². The van der Waals surface area contributed by atoms with Crippen molar-refractivity contribution in [3.8, 4) is 0 Å². The maximum atomic E-state index is 11.2. The minimum atomic E-state index is -0.612. The highest BCUT2D eigenvalue weighted by molar-refractivity contribution is 7.85. The Morgan fingerprint density at radius 1 is 1.45 bits per heavy atom. The zero-order chi connectivity index (χ0) is 8.69. The molecule has 0 rings (SSSR count). The second-order valence-electron chi connectivity index (χ2n) is 2.70. The maximum Gasteiger partial charge on any atom is 0.0388 e. The molecule has 0 aliphatic carbocycles. The molecule has 0 aromatic carbocycles. The van der Waals surface area contributed by atoms with Gasteiger partial charge < -0.3 is 5.32 Å². The van der Waals surface area contributed by atoms with Gasteiger partial charge in [0, 0.05) is 28.3 Å². The van der Waals surface area contributed by atoms with E-state index in [0.29, 0.717) is 6.04 Å². The third-order valence-electron chi connectivity index (χ3n) is 1.72. The van der Waals surface area contributed by atoms with E-state index >= 15 is 0 Å². The predicted octanol–water partition coefficient (Wildman–Crippen LogP) is 1.14. The second-order valence-corrected chi connectivity index (χ2v) is 4.33. The molecule has 0 spiro atoms. The van der Waals surface area contributed by atoms with Gasteiger partial charge in [-0.2, -0.15) is 0 Å². The molecule has 2 atom stereocenters. The summed E-state index contributed by atoms with van der Waals surface area (Å²) in [5.41, 5.74) is 0. The van der Waals surface area contributed by atoms with Crippen molar-refractivity contribution in [2.45, 2.75) is 32.7 Å². The first-order chi connectivity index (χ1) is 5.24. The highest BCUT2D eigenvalue weighted by Crippen LogP contribution is 1.95. The summed E-state index contributed by atoms with van der Waals surface area (Å²) >= 11 is 0. The van der Waals surface area contributed by atoms with Crippen LogP contribution in [0.1, 0.15) is 26.7 Å². The molecule has 0 fully saturated rings. The van der Waals surface area contributed by atoms with Crippen LogP contribution in [0.4, 0.5) is 0 Å². The van der Waals surface area contributed by atoms with Crippen LogP contribution < -0.4 is 5.32 Å². The van der Waals surface area contributed by atoms with Gasteiger partial charge in [-0.3, -0.25) is 4.21 Å². The highest BCUT2D eigenvalue weighted by atomic mass is 32.2. The summed E-state index contributed by atoms with van der Waals surface area (Å²) in [6, 6.07) is 0.433. The zero-order valence-electron chi connectivity index (χ0n) is 7.72. The molecule has 11 heavy (non-hydrogen) atoms. The molecule has 0 aliphatic heterocycles. The third-order valence-corrected chi connectivity index (χ3v) is 3.36. The summed E-state index contributed by atoms with van der Waals surface area (Å²) < 4.78 is 11.2. The van der Waals surface area contributed by atoms with Crippen LogP contribution in [-0.2, 0) is 10.8 Å². The van der Waals surface area contributed by atoms with Gasteiger partial charge in [0.1, 0.15) is 0 Å². The normalized spacial score (nSPS) is 16.3. The van der Waals surface area contributed by atoms with Gasteiger partial charge in [-0.05, 0) is 19.9 Å². The van der Waals surface area contributed by atoms with Crippen LogP contribution in [0, 0.1) is 0 Å². The predicted molar refractivity (Wildman–Crippen MR) is 51.3 cm³/mol. The van der Waals surface area contributed by atoms with Crippen molar-refractivity contribution < 1.29 is 4.21 Å². The first-order valence-corrected chi connectivity index (χ1v) is 5.75. The molecular weight excluding hydrogens is 158 g/mol. The lowest BCUT2D eigenvalue weighted by Gasteiger charge is -2.12. The van der Waals surface area contributed by atoms with E-state index in [4.69, 9.17) is 0 Å². The number of rotatable bonds is 6. The monoisotopic (exact) mass is 177 g/mol. The van der Waals surface area contributed by atoms with E-state index in [2.05, 4.69) is 19.2 Å². The van der Waals surface area contributed by atoms with E-state index in [-0.39, 0.29) is 0 Å². The molecule has 0 heterocycles. The molecule has 68 valence electrons. The molecule has 2 nitrogen and oxygen atoms in total. The summed E-state index contributed by atoms with van der Waals surface area (Å²) in [6.07, 6.45) is 2.08. The topological polar surface area (TPSA) is 29.1 Å². The summed E-state index contributed by atoms with van der Waals surface area (Å²) in [5.74, 6) is 1.65. The summed E-state index contributed by atoms with van der Waals surface area (Å²) in [4.78, 5) is 0. The molecule has 0 amide bonds. The van der Waals surface area contributed by atoms with Crippen LogP contribution in [0.2, 0.25) is 0 Å². The van der Waals surface area contributed by atoms with Gasteiger partial charge in [0.15, 0.2) is 0 Å². The molecule has 0 saturated heterocycles. The van der Waals surface area contributed by atoms with E-state index < -0.39 is 10.8 Å². The van der Waals surface area contributed by atoms with Crippen LogP contribution >= 0.6 is 0 Å². The van der Waals surface area contributed by atoms with Crippen molar-refractivity contribution in [2.75, 3.05) is 18.6 Å². The number of nitrogens with one attached hydrogen (secondary N) is 1. The minimum absolute atomic E-state index is 0.433. The molecule has 0 aliphatic rings. The smallest absolute Gasteiger partial charge is 0.0388 e. The van der Waals surface area contributed by atoms with E-state index in [1.807, 2.05) is 7.05 Å². The standard InChI is InChI=1S/C8H19NOS/c1-4-6-11(10)7-8(5-2)9-3/h8-9H,4-7H2,1-3H3. The maximum absolute atomic E-state index is 11.2. The Hall–Kier alpha value is 0.110. The van der Waals surface area contributed by atoms with E-state index in [9.17, 15) is 4.21 Å². The molecule has 1 N–H and O–H groups in total. The van der Waals surface area contributed by atoms with Gasteiger partial charge in [0.25, 0.3) is 0 Å². The van der Waals surface area contributed by atoms with E-state index in [1.165, 1.54) is 0 Å². The fraction of sp³-hybridized carbons (Fsp3) is 1.00. The molecule has 2 unspecified atom stereocenters. The fourth-order valence-corrected chi connectivity index (χ4v) is 2.41. The summed E-state index contributed by atoms with van der Waals surface area (Å²) in [7, 11) is 1.32. The lowest BCUT2D eigenvalue weighted by Crippen LogP contribution is -2.30. The first-order valence-electron chi connectivity index (χ1n) is 4.26. The second kappa shape index (κ2) is 6.80. The number of hydrogen-bond donors (Lipinski definition) is 1. The van der Waals surface area contributed by atoms with Crippen LogP contribution in [0.5, 0.6) is 0 Å². The van der Waals surface area contributed by atoms with Gasteiger partial charge >= 0.3 is 0 Å². The van der Waals surface area contributed by atoms with Crippen molar-refractivity contribution in [2.24, 2.45) is 0 Å². The Balaban J connectivity index is 3.54. The molecule has 0 radical (unpaired) electrons. The van der Waals surface area contributed by atoms with Crippen molar-refractivity contribution >= 4 is 10.8 Å². The fourth-order valence-electron chi connectivity index (χ4n) is 0.941. The quantitative estimate of drug-likeness (QED) is 0.659. The average molecular weight is 177 g/mol. The van der Waals surface area contributed by atoms with Gasteiger partial charge in [-0.15, -0.1) is 0 Å². The lowest BCUT2D eigenvalue weighted by molar-refractivity contribution is 0.589. The molecule has 0 saturated carbocycles. The Labute approximate surface area is 72.2 Å². The molecule has 0 aromatic rings. The van der Waals surface area contributed by atoms with Crippen molar-refractivity contribution in [1.82, 2.24) is 5.32 Å². The number of hydrogen-bond acceptors (Lipinski definition) is 2. The zero-order valence-corrected chi connectivity index (χ0v) is 8.54. The highest BCUT2D eigenvalue weighted by Gasteiger charge is 2.06. The first kappa shape index (κ1) is 11.1. The van der Waals surface area contributed by atoms with Crippen LogP contribution in [0.15, 0.2) is 0 Å². The minimum Gasteiger partial charge on any atom is -0.316 e. The van der Waals surface area contributed by atoms with Gasteiger partial charge in [0.05, 0.1) is 0 Å². The molecule has 3 heteroatoms. The summed E-state index contributed by atoms with van der Waals surface area (Å²) in [6.45, 7) is 4.18. The Bertz CT molecular complexity index is 113. The molecule has 0 aromatic heterocycles. The van der Waals surface area contributed by atoms with E-state index in [0.717, 1.165) is 24.3 Å². The van der Waals surface area contributed by atoms with Crippen LogP contribution in [-0.4, -0.2) is 28.8 Å². The molecular formula is C8H19NOS. The third kappa shape index (κ3) is 5.39. The lowest BCUT2D eigenvalue weighted by atomic mass is 10.3. The van der Waals surface area contributed by atoms with Crippen molar-refractivity contribution in [3.63, 3.8) is 0 Å². The molecule has 0 bridgehead atoms. The summed E-state index contributed by atoms with van der Waals surface area (Å²) in [5, 5.41) is 3.15. The van der Waals surface area contributed by atoms with Crippen LogP contribution in [0.25, 0.3) is 0 Å².